The summed E-state index contributed by atoms with van der Waals surface area (Å²) in [6.45, 7) is 0. The first-order valence-corrected chi connectivity index (χ1v) is 21.9. The summed E-state index contributed by atoms with van der Waals surface area (Å²) in [4.78, 5) is 0. The lowest BCUT2D eigenvalue weighted by Gasteiger charge is -2.18. The van der Waals surface area contributed by atoms with Crippen LogP contribution in [0.2, 0.25) is 0 Å². The molecule has 0 fully saturated rings. The highest BCUT2D eigenvalue weighted by Gasteiger charge is 2.18. The van der Waals surface area contributed by atoms with Crippen LogP contribution in [0.1, 0.15) is 0 Å². The maximum Gasteiger partial charge on any atom is 0.0362 e. The second-order valence-corrected chi connectivity index (χ2v) is 17.4. The molecule has 12 aromatic carbocycles. The SMILES string of the molecule is c1ccc(-c2cccc(-c3c4ccccc4c(-c4ccc(-c5ccc6c(c5)c5ccccc5c5cc7c(cc65)sc5ccc6ccccc6c57)cc4)c4ccccc34)c2)cc1. The molecule has 0 radical (unpaired) electrons. The number of fused-ring (bicyclic) bond motifs is 13. The summed E-state index contributed by atoms with van der Waals surface area (Å²) in [7, 11) is 0. The number of hydrogen-bond acceptors (Lipinski definition) is 1. The highest BCUT2D eigenvalue weighted by atomic mass is 32.1. The number of thiophene rings is 1. The van der Waals surface area contributed by atoms with Crippen molar-refractivity contribution in [2.75, 3.05) is 0 Å². The quantitative estimate of drug-likeness (QED) is 0.123. The predicted octanol–water partition coefficient (Wildman–Crippen LogP) is 17.6. The molecular weight excluding hydrogens is 753 g/mol. The lowest BCUT2D eigenvalue weighted by molar-refractivity contribution is 1.61. The largest absolute Gasteiger partial charge is 0.135 e. The monoisotopic (exact) mass is 788 g/mol. The fraction of sp³-hybridized carbons (Fsp3) is 0. The van der Waals surface area contributed by atoms with E-state index in [9.17, 15) is 0 Å². The van der Waals surface area contributed by atoms with Crippen LogP contribution in [0.15, 0.2) is 218 Å². The molecule has 282 valence electrons. The van der Waals surface area contributed by atoms with Gasteiger partial charge in [0.25, 0.3) is 0 Å². The van der Waals surface area contributed by atoms with Crippen molar-refractivity contribution < 1.29 is 0 Å². The average Bonchev–Trinajstić information content (AvgIpc) is 3.71. The molecule has 1 aromatic heterocycles. The van der Waals surface area contributed by atoms with Crippen molar-refractivity contribution in [2.45, 2.75) is 0 Å². The van der Waals surface area contributed by atoms with E-state index in [-0.39, 0.29) is 0 Å². The molecule has 0 nitrogen and oxygen atoms in total. The first kappa shape index (κ1) is 34.3. The zero-order valence-electron chi connectivity index (χ0n) is 33.2. The average molecular weight is 789 g/mol. The van der Waals surface area contributed by atoms with Crippen LogP contribution in [-0.4, -0.2) is 0 Å². The summed E-state index contributed by atoms with van der Waals surface area (Å²) in [5.41, 5.74) is 9.89. The van der Waals surface area contributed by atoms with Gasteiger partial charge in [0, 0.05) is 20.2 Å². The first-order chi connectivity index (χ1) is 30.2. The maximum absolute atomic E-state index is 2.46. The minimum absolute atomic E-state index is 1.21. The molecule has 0 spiro atoms. The molecular formula is C60H36S. The fourth-order valence-electron chi connectivity index (χ4n) is 10.2. The molecule has 0 aliphatic rings. The third-order valence-electron chi connectivity index (χ3n) is 13.0. The summed E-state index contributed by atoms with van der Waals surface area (Å²) < 4.78 is 2.68. The first-order valence-electron chi connectivity index (χ1n) is 21.1. The van der Waals surface area contributed by atoms with Crippen LogP contribution in [0.25, 0.3) is 129 Å². The molecule has 0 aliphatic heterocycles. The highest BCUT2D eigenvalue weighted by molar-refractivity contribution is 7.26. The Kier molecular flexibility index (Phi) is 7.58. The van der Waals surface area contributed by atoms with Crippen molar-refractivity contribution in [3.8, 4) is 44.5 Å². The zero-order valence-corrected chi connectivity index (χ0v) is 34.0. The second-order valence-electron chi connectivity index (χ2n) is 16.3. The number of hydrogen-bond donors (Lipinski definition) is 0. The van der Waals surface area contributed by atoms with E-state index in [2.05, 4.69) is 218 Å². The van der Waals surface area contributed by atoms with Crippen molar-refractivity contribution in [2.24, 2.45) is 0 Å². The third kappa shape index (κ3) is 5.31. The lowest BCUT2D eigenvalue weighted by Crippen LogP contribution is -1.91. The molecule has 0 N–H and O–H groups in total. The van der Waals surface area contributed by atoms with Crippen LogP contribution in [0.3, 0.4) is 0 Å². The van der Waals surface area contributed by atoms with Crippen molar-refractivity contribution in [3.63, 3.8) is 0 Å². The van der Waals surface area contributed by atoms with E-state index in [0.29, 0.717) is 0 Å². The van der Waals surface area contributed by atoms with Crippen LogP contribution in [0, 0.1) is 0 Å². The van der Waals surface area contributed by atoms with Crippen LogP contribution in [-0.2, 0) is 0 Å². The molecule has 0 aliphatic carbocycles. The summed E-state index contributed by atoms with van der Waals surface area (Å²) in [6.07, 6.45) is 0. The molecule has 0 atom stereocenters. The molecule has 1 heterocycles. The van der Waals surface area contributed by atoms with Gasteiger partial charge in [-0.2, -0.15) is 0 Å². The molecule has 13 aromatic rings. The van der Waals surface area contributed by atoms with Gasteiger partial charge in [-0.3, -0.25) is 0 Å². The normalized spacial score (nSPS) is 11.9. The lowest BCUT2D eigenvalue weighted by atomic mass is 9.85. The topological polar surface area (TPSA) is 0 Å². The summed E-state index contributed by atoms with van der Waals surface area (Å²) in [6, 6.07) is 81.2. The minimum atomic E-state index is 1.21. The van der Waals surface area contributed by atoms with Gasteiger partial charge in [-0.25, -0.2) is 0 Å². The van der Waals surface area contributed by atoms with E-state index in [1.165, 1.54) is 129 Å². The Morgan fingerprint density at radius 3 is 1.39 bits per heavy atom. The Balaban J connectivity index is 0.953. The molecule has 1 heteroatoms. The number of benzene rings is 12. The Morgan fingerprint density at radius 2 is 0.689 bits per heavy atom. The van der Waals surface area contributed by atoms with Crippen molar-refractivity contribution >= 4 is 96.1 Å². The van der Waals surface area contributed by atoms with Gasteiger partial charge in [0.1, 0.15) is 0 Å². The van der Waals surface area contributed by atoms with Gasteiger partial charge >= 0.3 is 0 Å². The van der Waals surface area contributed by atoms with E-state index in [1.54, 1.807) is 0 Å². The van der Waals surface area contributed by atoms with Crippen LogP contribution in [0.4, 0.5) is 0 Å². The Labute approximate surface area is 357 Å². The predicted molar refractivity (Wildman–Crippen MR) is 266 cm³/mol. The Bertz CT molecular complexity index is 3850. The van der Waals surface area contributed by atoms with Crippen LogP contribution < -0.4 is 0 Å². The smallest absolute Gasteiger partial charge is 0.0362 e. The van der Waals surface area contributed by atoms with Crippen LogP contribution in [0.5, 0.6) is 0 Å². The number of rotatable bonds is 4. The van der Waals surface area contributed by atoms with Crippen molar-refractivity contribution in [1.82, 2.24) is 0 Å². The molecule has 0 bridgehead atoms. The Morgan fingerprint density at radius 1 is 0.213 bits per heavy atom. The molecule has 0 unspecified atom stereocenters. The van der Waals surface area contributed by atoms with Gasteiger partial charge in [0.2, 0.25) is 0 Å². The Hall–Kier alpha value is -7.58. The van der Waals surface area contributed by atoms with Gasteiger partial charge in [0.15, 0.2) is 0 Å². The molecule has 13 rings (SSSR count). The summed E-state index contributed by atoms with van der Waals surface area (Å²) >= 11 is 1.90. The molecule has 0 amide bonds. The van der Waals surface area contributed by atoms with Gasteiger partial charge in [0.05, 0.1) is 0 Å². The highest BCUT2D eigenvalue weighted by Crippen LogP contribution is 2.47. The standard InChI is InChI=1S/C60H36S/c1-2-13-37(14-3-1)41-16-12-17-43(33-41)59-50-23-10-8-21-48(50)58(49-22-9-11-24-51(49)59)40-27-25-38(26-28-40)42-29-31-47-52(34-42)45-19-6-7-20-46(45)53-35-55-57(36-54(47)53)61-56-32-30-39-15-4-5-18-44(39)60(55)56/h1-36H. The third-order valence-corrected chi connectivity index (χ3v) is 14.1. The van der Waals surface area contributed by atoms with Crippen molar-refractivity contribution in [1.29, 1.82) is 0 Å². The maximum atomic E-state index is 2.46. The van der Waals surface area contributed by atoms with Gasteiger partial charge in [-0.1, -0.05) is 188 Å². The molecule has 61 heavy (non-hydrogen) atoms. The van der Waals surface area contributed by atoms with E-state index >= 15 is 0 Å². The molecule has 0 saturated heterocycles. The fourth-order valence-corrected chi connectivity index (χ4v) is 11.4. The summed E-state index contributed by atoms with van der Waals surface area (Å²) in [5, 5.41) is 18.2. The van der Waals surface area contributed by atoms with Gasteiger partial charge in [-0.05, 0) is 139 Å². The molecule has 0 saturated carbocycles. The second kappa shape index (κ2) is 13.5. The van der Waals surface area contributed by atoms with Gasteiger partial charge in [-0.15, -0.1) is 11.3 Å². The van der Waals surface area contributed by atoms with E-state index in [0.717, 1.165) is 0 Å². The van der Waals surface area contributed by atoms with E-state index < -0.39 is 0 Å². The van der Waals surface area contributed by atoms with Gasteiger partial charge < -0.3 is 0 Å². The van der Waals surface area contributed by atoms with Crippen LogP contribution >= 0.6 is 11.3 Å². The van der Waals surface area contributed by atoms with Crippen molar-refractivity contribution in [3.05, 3.63) is 218 Å². The summed E-state index contributed by atoms with van der Waals surface area (Å²) in [5.74, 6) is 0. The van der Waals surface area contributed by atoms with E-state index in [4.69, 9.17) is 0 Å². The minimum Gasteiger partial charge on any atom is -0.135 e. The van der Waals surface area contributed by atoms with E-state index in [1.807, 2.05) is 11.3 Å². The zero-order chi connectivity index (χ0) is 40.0.